The van der Waals surface area contributed by atoms with Crippen LogP contribution in [0.2, 0.25) is 10.0 Å². The van der Waals surface area contributed by atoms with Gasteiger partial charge in [-0.05, 0) is 42.3 Å². The predicted molar refractivity (Wildman–Crippen MR) is 128 cm³/mol. The summed E-state index contributed by atoms with van der Waals surface area (Å²) < 4.78 is 5.57. The van der Waals surface area contributed by atoms with Gasteiger partial charge >= 0.3 is 0 Å². The first-order valence-corrected chi connectivity index (χ1v) is 11.3. The molecule has 1 amide bonds. The molecule has 1 aromatic heterocycles. The van der Waals surface area contributed by atoms with E-state index in [9.17, 15) is 4.79 Å². The van der Waals surface area contributed by atoms with Gasteiger partial charge in [0.25, 0.3) is 5.91 Å². The lowest BCUT2D eigenvalue weighted by Gasteiger charge is -2.35. The van der Waals surface area contributed by atoms with E-state index in [0.717, 1.165) is 23.5 Å². The molecule has 1 saturated heterocycles. The van der Waals surface area contributed by atoms with E-state index in [0.29, 0.717) is 42.0 Å². The Kier molecular flexibility index (Phi) is 7.12. The number of aryl methyl sites for hydroxylation is 1. The summed E-state index contributed by atoms with van der Waals surface area (Å²) in [5, 5.41) is 9.71. The number of anilines is 1. The molecule has 2 aromatic carbocycles. The highest BCUT2D eigenvalue weighted by Crippen LogP contribution is 2.27. The number of ether oxygens (including phenoxy) is 1. The zero-order valence-corrected chi connectivity index (χ0v) is 19.3. The molecule has 0 atom stereocenters. The number of carbonyl (C=O) groups is 1. The average Bonchev–Trinajstić information content (AvgIpc) is 2.83. The van der Waals surface area contributed by atoms with Crippen LogP contribution in [0.4, 0.5) is 5.82 Å². The molecule has 0 saturated carbocycles. The van der Waals surface area contributed by atoms with Crippen molar-refractivity contribution in [3.63, 3.8) is 0 Å². The number of rotatable bonds is 6. The summed E-state index contributed by atoms with van der Waals surface area (Å²) in [5.74, 6) is 1.19. The number of hydrogen-bond acceptors (Lipinski definition) is 5. The number of amides is 1. The summed E-state index contributed by atoms with van der Waals surface area (Å²) in [5.41, 5.74) is 3.20. The largest absolute Gasteiger partial charge is 0.482 e. The van der Waals surface area contributed by atoms with Gasteiger partial charge in [0.15, 0.2) is 12.4 Å². The maximum absolute atomic E-state index is 12.5. The Morgan fingerprint density at radius 1 is 0.969 bits per heavy atom. The molecule has 0 aliphatic carbocycles. The molecule has 0 N–H and O–H groups in total. The summed E-state index contributed by atoms with van der Waals surface area (Å²) in [4.78, 5) is 16.5. The standard InChI is InChI=1S/C24H24Cl2N4O2/c1-2-17-3-5-18(6-4-17)21-8-10-23(28-27-21)29-11-13-30(14-12-29)24(31)16-32-22-9-7-19(25)15-20(22)26/h3-10,15H,2,11-14,16H2,1H3. The maximum atomic E-state index is 12.5. The normalized spacial score (nSPS) is 13.8. The predicted octanol–water partition coefficient (Wildman–Crippen LogP) is 4.74. The first kappa shape index (κ1) is 22.4. The number of piperazine rings is 1. The van der Waals surface area contributed by atoms with Crippen LogP contribution in [0.5, 0.6) is 5.75 Å². The van der Waals surface area contributed by atoms with Crippen LogP contribution >= 0.6 is 23.2 Å². The van der Waals surface area contributed by atoms with Gasteiger partial charge in [-0.2, -0.15) is 0 Å². The SMILES string of the molecule is CCc1ccc(-c2ccc(N3CCN(C(=O)COc4ccc(Cl)cc4Cl)CC3)nn2)cc1. The fraction of sp³-hybridized carbons (Fsp3) is 0.292. The summed E-state index contributed by atoms with van der Waals surface area (Å²) in [6, 6.07) is 17.3. The van der Waals surface area contributed by atoms with Crippen molar-refractivity contribution in [1.29, 1.82) is 0 Å². The first-order valence-electron chi connectivity index (χ1n) is 10.6. The Morgan fingerprint density at radius 2 is 1.72 bits per heavy atom. The summed E-state index contributed by atoms with van der Waals surface area (Å²) in [6.07, 6.45) is 1.01. The number of nitrogens with zero attached hydrogens (tertiary/aromatic N) is 4. The number of carbonyl (C=O) groups excluding carboxylic acids is 1. The van der Waals surface area contributed by atoms with E-state index in [4.69, 9.17) is 27.9 Å². The van der Waals surface area contributed by atoms with Crippen molar-refractivity contribution in [3.05, 3.63) is 70.2 Å². The van der Waals surface area contributed by atoms with Crippen LogP contribution in [-0.2, 0) is 11.2 Å². The minimum Gasteiger partial charge on any atom is -0.482 e. The van der Waals surface area contributed by atoms with Crippen LogP contribution in [0.3, 0.4) is 0 Å². The fourth-order valence-corrected chi connectivity index (χ4v) is 4.03. The second kappa shape index (κ2) is 10.2. The van der Waals surface area contributed by atoms with Crippen molar-refractivity contribution in [2.75, 3.05) is 37.7 Å². The smallest absolute Gasteiger partial charge is 0.260 e. The Bertz CT molecular complexity index is 1070. The molecule has 6 nitrogen and oxygen atoms in total. The molecule has 0 spiro atoms. The third-order valence-electron chi connectivity index (χ3n) is 5.51. The van der Waals surface area contributed by atoms with Crippen LogP contribution < -0.4 is 9.64 Å². The second-order valence-electron chi connectivity index (χ2n) is 7.56. The molecule has 166 valence electrons. The van der Waals surface area contributed by atoms with Gasteiger partial charge in [0.1, 0.15) is 5.75 Å². The number of benzene rings is 2. The molecular weight excluding hydrogens is 447 g/mol. The quantitative estimate of drug-likeness (QED) is 0.520. The molecule has 32 heavy (non-hydrogen) atoms. The molecule has 1 aliphatic rings. The van der Waals surface area contributed by atoms with Gasteiger partial charge in [-0.15, -0.1) is 10.2 Å². The Morgan fingerprint density at radius 3 is 2.34 bits per heavy atom. The molecular formula is C24H24Cl2N4O2. The number of hydrogen-bond donors (Lipinski definition) is 0. The van der Waals surface area contributed by atoms with Crippen molar-refractivity contribution in [1.82, 2.24) is 15.1 Å². The minimum atomic E-state index is -0.0763. The van der Waals surface area contributed by atoms with E-state index in [-0.39, 0.29) is 12.5 Å². The van der Waals surface area contributed by atoms with Gasteiger partial charge in [-0.25, -0.2) is 0 Å². The van der Waals surface area contributed by atoms with Crippen LogP contribution in [-0.4, -0.2) is 53.8 Å². The molecule has 1 aliphatic heterocycles. The van der Waals surface area contributed by atoms with Gasteiger partial charge < -0.3 is 14.5 Å². The Labute approximate surface area is 197 Å². The van der Waals surface area contributed by atoms with Crippen molar-refractivity contribution < 1.29 is 9.53 Å². The van der Waals surface area contributed by atoms with Crippen molar-refractivity contribution >= 4 is 34.9 Å². The van der Waals surface area contributed by atoms with Gasteiger partial charge in [-0.3, -0.25) is 4.79 Å². The van der Waals surface area contributed by atoms with E-state index < -0.39 is 0 Å². The van der Waals surface area contributed by atoms with Crippen LogP contribution in [0, 0.1) is 0 Å². The molecule has 0 unspecified atom stereocenters. The van der Waals surface area contributed by atoms with Crippen molar-refractivity contribution in [3.8, 4) is 17.0 Å². The van der Waals surface area contributed by atoms with Crippen molar-refractivity contribution in [2.45, 2.75) is 13.3 Å². The van der Waals surface area contributed by atoms with E-state index in [1.165, 1.54) is 5.56 Å². The minimum absolute atomic E-state index is 0.0628. The second-order valence-corrected chi connectivity index (χ2v) is 8.40. The van der Waals surface area contributed by atoms with Gasteiger partial charge in [-0.1, -0.05) is 54.4 Å². The molecule has 4 rings (SSSR count). The van der Waals surface area contributed by atoms with E-state index in [2.05, 4.69) is 46.3 Å². The van der Waals surface area contributed by atoms with E-state index in [1.54, 1.807) is 23.1 Å². The third kappa shape index (κ3) is 5.31. The van der Waals surface area contributed by atoms with E-state index in [1.807, 2.05) is 12.1 Å². The third-order valence-corrected chi connectivity index (χ3v) is 6.04. The fourth-order valence-electron chi connectivity index (χ4n) is 3.57. The Hall–Kier alpha value is -2.83. The summed E-state index contributed by atoms with van der Waals surface area (Å²) in [7, 11) is 0. The van der Waals surface area contributed by atoms with Gasteiger partial charge in [0, 0.05) is 36.8 Å². The van der Waals surface area contributed by atoms with Gasteiger partial charge in [0.2, 0.25) is 0 Å². The maximum Gasteiger partial charge on any atom is 0.260 e. The van der Waals surface area contributed by atoms with Crippen LogP contribution in [0.25, 0.3) is 11.3 Å². The molecule has 0 bridgehead atoms. The van der Waals surface area contributed by atoms with Crippen molar-refractivity contribution in [2.24, 2.45) is 0 Å². The molecule has 3 aromatic rings. The van der Waals surface area contributed by atoms with Crippen LogP contribution in [0.1, 0.15) is 12.5 Å². The average molecular weight is 471 g/mol. The summed E-state index contributed by atoms with van der Waals surface area (Å²) in [6.45, 7) is 4.64. The molecule has 0 radical (unpaired) electrons. The number of aromatic nitrogens is 2. The highest BCUT2D eigenvalue weighted by Gasteiger charge is 2.22. The monoisotopic (exact) mass is 470 g/mol. The Balaban J connectivity index is 1.29. The van der Waals surface area contributed by atoms with Crippen LogP contribution in [0.15, 0.2) is 54.6 Å². The highest BCUT2D eigenvalue weighted by atomic mass is 35.5. The highest BCUT2D eigenvalue weighted by molar-refractivity contribution is 6.35. The zero-order chi connectivity index (χ0) is 22.5. The molecule has 1 fully saturated rings. The van der Waals surface area contributed by atoms with E-state index >= 15 is 0 Å². The lowest BCUT2D eigenvalue weighted by molar-refractivity contribution is -0.133. The lowest BCUT2D eigenvalue weighted by Crippen LogP contribution is -2.50. The molecule has 2 heterocycles. The lowest BCUT2D eigenvalue weighted by atomic mass is 10.1. The number of halogens is 2. The zero-order valence-electron chi connectivity index (χ0n) is 17.8. The van der Waals surface area contributed by atoms with Gasteiger partial charge in [0.05, 0.1) is 10.7 Å². The molecule has 8 heteroatoms. The first-order chi connectivity index (χ1) is 15.5. The summed E-state index contributed by atoms with van der Waals surface area (Å²) >= 11 is 12.0. The topological polar surface area (TPSA) is 58.6 Å².